The van der Waals surface area contributed by atoms with Gasteiger partial charge in [-0.3, -0.25) is 24.5 Å². The molecule has 0 bridgehead atoms. The van der Waals surface area contributed by atoms with E-state index in [0.717, 1.165) is 43.0 Å². The summed E-state index contributed by atoms with van der Waals surface area (Å²) in [5.41, 5.74) is 0.0265. The van der Waals surface area contributed by atoms with Gasteiger partial charge in [-0.15, -0.1) is 11.8 Å². The molecule has 0 aromatic heterocycles. The molecule has 8 unspecified atom stereocenters. The lowest BCUT2D eigenvalue weighted by atomic mass is 10.0. The van der Waals surface area contributed by atoms with Crippen molar-refractivity contribution in [1.82, 2.24) is 24.5 Å². The molecule has 5 saturated heterocycles. The number of likely N-dealkylation sites (tertiary alicyclic amines) is 4. The highest BCUT2D eigenvalue weighted by atomic mass is 32.2. The van der Waals surface area contributed by atoms with E-state index in [4.69, 9.17) is 26.3 Å². The van der Waals surface area contributed by atoms with Gasteiger partial charge in [-0.1, -0.05) is 0 Å². The highest BCUT2D eigenvalue weighted by molar-refractivity contribution is 7.99. The summed E-state index contributed by atoms with van der Waals surface area (Å²) < 4.78 is 38.9. The third kappa shape index (κ3) is 15.4. The zero-order valence-electron chi connectivity index (χ0n) is 38.9. The Morgan fingerprint density at radius 1 is 0.559 bits per heavy atom. The van der Waals surface area contributed by atoms with E-state index in [1.807, 2.05) is 64.3 Å². The standard InChI is InChI=1S/C10H16N2.C9H14F2N2.C9H15FN2.C9H16N2.C8H14N2S/c1-10(2,3)12-8(6-11)4-7-5-9(7)12;1-8(2,3)13-6-9(10,11)4-7(13)5-12;1-9(2,3)12-6-7(10)4-8(12)5-11;1-9(2,3)11-6-4-5-8(11)7-10;1-8(2,3)10-6-11-5-7(10)4-9/h7-9H,4-5H2,1-3H3;7H,4,6H2,1-3H3;7-8H,4,6H2,1-3H3;8H,4-6H2,1-3H3;7H,5-6H2,1-3H3. The number of nitriles is 5. The largest absolute Gasteiger partial charge is 0.283 e. The van der Waals surface area contributed by atoms with Crippen molar-refractivity contribution in [3.8, 4) is 30.3 Å². The Morgan fingerprint density at radius 2 is 1.05 bits per heavy atom. The van der Waals surface area contributed by atoms with Crippen LogP contribution in [-0.2, 0) is 0 Å². The SMILES string of the molecule is CC(C)(C)N1C(C#N)CC2CC21.CC(C)(C)N1CC(F)(F)CC1C#N.CC(C)(C)N1CC(F)CC1C#N.CC(C)(C)N1CCCC1C#N.CC(C)(C)N1CSCC1C#N. The summed E-state index contributed by atoms with van der Waals surface area (Å²) in [6, 6.07) is 11.5. The van der Waals surface area contributed by atoms with E-state index < -0.39 is 18.1 Å². The van der Waals surface area contributed by atoms with E-state index >= 15 is 0 Å². The molecule has 0 aromatic carbocycles. The van der Waals surface area contributed by atoms with Crippen LogP contribution in [0.5, 0.6) is 0 Å². The van der Waals surface area contributed by atoms with Crippen LogP contribution in [0.3, 0.4) is 0 Å². The van der Waals surface area contributed by atoms with Crippen LogP contribution in [0.25, 0.3) is 0 Å². The molecule has 59 heavy (non-hydrogen) atoms. The number of rotatable bonds is 0. The monoisotopic (exact) mass is 845 g/mol. The summed E-state index contributed by atoms with van der Waals surface area (Å²) in [7, 11) is 0. The van der Waals surface area contributed by atoms with E-state index in [1.54, 1.807) is 4.90 Å². The predicted octanol–water partition coefficient (Wildman–Crippen LogP) is 8.97. The maximum atomic E-state index is 13.0. The van der Waals surface area contributed by atoms with Crippen molar-refractivity contribution >= 4 is 11.8 Å². The van der Waals surface area contributed by atoms with Gasteiger partial charge < -0.3 is 0 Å². The number of thioether (sulfide) groups is 1. The van der Waals surface area contributed by atoms with Gasteiger partial charge in [0.15, 0.2) is 0 Å². The third-order valence-corrected chi connectivity index (χ3v) is 12.7. The first-order chi connectivity index (χ1) is 26.9. The van der Waals surface area contributed by atoms with Crippen LogP contribution in [0.4, 0.5) is 13.2 Å². The number of nitrogens with zero attached hydrogens (tertiary/aromatic N) is 10. The Balaban J connectivity index is 0.000000255. The molecule has 0 N–H and O–H groups in total. The summed E-state index contributed by atoms with van der Waals surface area (Å²) in [5, 5.41) is 44.0. The van der Waals surface area contributed by atoms with Crippen molar-refractivity contribution in [3.63, 3.8) is 0 Å². The highest BCUT2D eigenvalue weighted by Crippen LogP contribution is 2.50. The van der Waals surface area contributed by atoms with Crippen molar-refractivity contribution in [2.45, 2.75) is 218 Å². The molecule has 8 atom stereocenters. The highest BCUT2D eigenvalue weighted by Gasteiger charge is 2.55. The molecule has 6 fully saturated rings. The van der Waals surface area contributed by atoms with Gasteiger partial charge in [-0.2, -0.15) is 26.3 Å². The van der Waals surface area contributed by atoms with Crippen LogP contribution in [0.15, 0.2) is 0 Å². The van der Waals surface area contributed by atoms with Crippen LogP contribution in [0.1, 0.15) is 142 Å². The Labute approximate surface area is 360 Å². The molecule has 6 aliphatic rings. The molecular formula is C45H75F3N10S. The molecule has 5 heterocycles. The lowest BCUT2D eigenvalue weighted by Gasteiger charge is -2.36. The second-order valence-corrected chi connectivity index (χ2v) is 22.8. The first-order valence-corrected chi connectivity index (χ1v) is 22.4. The molecule has 0 radical (unpaired) electrons. The van der Waals surface area contributed by atoms with Gasteiger partial charge in [0.2, 0.25) is 0 Å². The van der Waals surface area contributed by atoms with Gasteiger partial charge in [0.05, 0.1) is 49.0 Å². The molecular weight excluding hydrogens is 770 g/mol. The van der Waals surface area contributed by atoms with Crippen LogP contribution in [-0.4, -0.2) is 132 Å². The van der Waals surface area contributed by atoms with Crippen LogP contribution in [0, 0.1) is 62.6 Å². The molecule has 0 amide bonds. The molecule has 1 aliphatic carbocycles. The maximum absolute atomic E-state index is 13.0. The molecule has 332 valence electrons. The fourth-order valence-corrected chi connectivity index (χ4v) is 10.1. The number of piperidine rings is 1. The van der Waals surface area contributed by atoms with Gasteiger partial charge in [0.1, 0.15) is 24.3 Å². The van der Waals surface area contributed by atoms with E-state index in [1.165, 1.54) is 12.8 Å². The number of halogens is 3. The Hall–Kier alpha value is -2.61. The smallest absolute Gasteiger partial charge is 0.263 e. The van der Waals surface area contributed by atoms with E-state index in [9.17, 15) is 13.2 Å². The maximum Gasteiger partial charge on any atom is 0.263 e. The minimum atomic E-state index is -2.70. The van der Waals surface area contributed by atoms with Gasteiger partial charge in [0, 0.05) is 71.3 Å². The quantitative estimate of drug-likeness (QED) is 0.231. The summed E-state index contributed by atoms with van der Waals surface area (Å²) in [5.74, 6) is 0.109. The minimum Gasteiger partial charge on any atom is -0.283 e. The summed E-state index contributed by atoms with van der Waals surface area (Å²) in [4.78, 5) is 10.4. The Bertz CT molecular complexity index is 1510. The third-order valence-electron chi connectivity index (χ3n) is 11.7. The Morgan fingerprint density at radius 3 is 1.41 bits per heavy atom. The van der Waals surface area contributed by atoms with Gasteiger partial charge >= 0.3 is 0 Å². The number of hydrogen-bond donors (Lipinski definition) is 0. The fraction of sp³-hybridized carbons (Fsp3) is 0.889. The lowest BCUT2D eigenvalue weighted by Crippen LogP contribution is -2.46. The number of hydrogen-bond acceptors (Lipinski definition) is 11. The Kier molecular flexibility index (Phi) is 18.3. The van der Waals surface area contributed by atoms with Crippen molar-refractivity contribution in [2.75, 3.05) is 31.3 Å². The van der Waals surface area contributed by atoms with Gasteiger partial charge in [-0.25, -0.2) is 13.2 Å². The van der Waals surface area contributed by atoms with E-state index in [0.29, 0.717) is 13.0 Å². The second kappa shape index (κ2) is 20.5. The zero-order valence-corrected chi connectivity index (χ0v) is 39.7. The van der Waals surface area contributed by atoms with Crippen LogP contribution in [0.2, 0.25) is 0 Å². The summed E-state index contributed by atoms with van der Waals surface area (Å²) >= 11 is 1.85. The van der Waals surface area contributed by atoms with Crippen molar-refractivity contribution in [3.05, 3.63) is 0 Å². The van der Waals surface area contributed by atoms with E-state index in [2.05, 4.69) is 101 Å². The first kappa shape index (κ1) is 52.5. The normalized spacial score (nSPS) is 31.1. The average molecular weight is 845 g/mol. The molecule has 6 rings (SSSR count). The molecule has 14 heteroatoms. The molecule has 5 aliphatic heterocycles. The van der Waals surface area contributed by atoms with Crippen LogP contribution < -0.4 is 0 Å². The van der Waals surface area contributed by atoms with Crippen molar-refractivity contribution in [2.24, 2.45) is 5.92 Å². The summed E-state index contributed by atoms with van der Waals surface area (Å²) in [6.45, 7) is 32.4. The number of alkyl halides is 3. The van der Waals surface area contributed by atoms with Gasteiger partial charge in [-0.05, 0) is 135 Å². The predicted molar refractivity (Wildman–Crippen MR) is 232 cm³/mol. The first-order valence-electron chi connectivity index (χ1n) is 21.3. The molecule has 1 saturated carbocycles. The van der Waals surface area contributed by atoms with Crippen molar-refractivity contribution in [1.29, 1.82) is 26.3 Å². The average Bonchev–Trinajstić information content (AvgIpc) is 3.71. The number of fused-ring (bicyclic) bond motifs is 1. The fourth-order valence-electron chi connectivity index (χ4n) is 8.74. The summed E-state index contributed by atoms with van der Waals surface area (Å²) in [6.07, 6.45) is 3.87. The second-order valence-electron chi connectivity index (χ2n) is 21.8. The molecule has 0 spiro atoms. The topological polar surface area (TPSA) is 135 Å². The van der Waals surface area contributed by atoms with Crippen molar-refractivity contribution < 1.29 is 13.2 Å². The molecule has 0 aromatic rings. The van der Waals surface area contributed by atoms with Gasteiger partial charge in [0.25, 0.3) is 5.92 Å². The zero-order chi connectivity index (χ0) is 45.5. The molecule has 10 nitrogen and oxygen atoms in total. The van der Waals surface area contributed by atoms with Crippen LogP contribution >= 0.6 is 11.8 Å². The van der Waals surface area contributed by atoms with E-state index in [-0.39, 0.29) is 64.8 Å². The lowest BCUT2D eigenvalue weighted by molar-refractivity contribution is 0.00155. The minimum absolute atomic E-state index is 0.0960.